The Balaban J connectivity index is 1.36. The molecule has 0 saturated heterocycles. The number of ether oxygens (including phenoxy) is 1. The van der Waals surface area contributed by atoms with Gasteiger partial charge < -0.3 is 9.64 Å². The van der Waals surface area contributed by atoms with Gasteiger partial charge in [-0.05, 0) is 30.5 Å². The van der Waals surface area contributed by atoms with Gasteiger partial charge in [0.15, 0.2) is 5.82 Å². The molecule has 2 aromatic heterocycles. The summed E-state index contributed by atoms with van der Waals surface area (Å²) < 4.78 is 7.98. The van der Waals surface area contributed by atoms with Crippen LogP contribution < -0.4 is 0 Å². The van der Waals surface area contributed by atoms with E-state index in [1.165, 1.54) is 5.56 Å². The number of aromatic nitrogens is 3. The third kappa shape index (κ3) is 4.28. The number of benzene rings is 2. The van der Waals surface area contributed by atoms with Gasteiger partial charge in [-0.2, -0.15) is 0 Å². The molecule has 1 amide bonds. The summed E-state index contributed by atoms with van der Waals surface area (Å²) in [5.41, 5.74) is 4.84. The second-order valence-corrected chi connectivity index (χ2v) is 10.7. The number of halogens is 1. The highest BCUT2D eigenvalue weighted by molar-refractivity contribution is 7.15. The van der Waals surface area contributed by atoms with E-state index in [9.17, 15) is 4.79 Å². The molecule has 7 nitrogen and oxygen atoms in total. The lowest BCUT2D eigenvalue weighted by Gasteiger charge is -2.28. The van der Waals surface area contributed by atoms with Gasteiger partial charge in [0, 0.05) is 27.6 Å². The molecular weight excluding hydrogens is 518 g/mol. The van der Waals surface area contributed by atoms with Crippen molar-refractivity contribution in [3.63, 3.8) is 0 Å². The molecule has 0 saturated carbocycles. The Hall–Kier alpha value is -3.93. The van der Waals surface area contributed by atoms with Crippen molar-refractivity contribution >= 4 is 34.7 Å². The van der Waals surface area contributed by atoms with E-state index < -0.39 is 6.10 Å². The lowest BCUT2D eigenvalue weighted by atomic mass is 9.95. The van der Waals surface area contributed by atoms with Crippen LogP contribution in [0.5, 0.6) is 0 Å². The standard InChI is InChI=1S/C29H24ClN5O2S/c1-3-9-23(19-10-5-4-6-11-19)37-29(36)34-15-14-21-24(17-34)38-28-26(21)27(20-12-7-8-13-22(20)30)31-16-25-33-32-18(2)35(25)28/h1,4-8,10-13,23H,9,14-17H2,2H3. The zero-order valence-electron chi connectivity index (χ0n) is 20.7. The predicted octanol–water partition coefficient (Wildman–Crippen LogP) is 5.90. The number of amides is 1. The molecule has 4 aromatic rings. The van der Waals surface area contributed by atoms with E-state index in [2.05, 4.69) is 20.7 Å². The smallest absolute Gasteiger partial charge is 0.410 e. The second kappa shape index (κ2) is 10.1. The van der Waals surface area contributed by atoms with Crippen LogP contribution in [0.15, 0.2) is 59.6 Å². The molecule has 9 heteroatoms. The van der Waals surface area contributed by atoms with Crippen molar-refractivity contribution < 1.29 is 9.53 Å². The fourth-order valence-corrected chi connectivity index (χ4v) is 6.68. The van der Waals surface area contributed by atoms with Crippen LogP contribution >= 0.6 is 22.9 Å². The summed E-state index contributed by atoms with van der Waals surface area (Å²) in [6, 6.07) is 17.4. The van der Waals surface area contributed by atoms with Crippen LogP contribution in [-0.4, -0.2) is 38.0 Å². The average molecular weight is 542 g/mol. The Morgan fingerprint density at radius 2 is 1.97 bits per heavy atom. The molecule has 38 heavy (non-hydrogen) atoms. The first-order chi connectivity index (χ1) is 18.5. The number of thiophene rings is 1. The van der Waals surface area contributed by atoms with Crippen molar-refractivity contribution in [1.82, 2.24) is 19.7 Å². The number of carbonyl (C=O) groups excluding carboxylic acids is 1. The highest BCUT2D eigenvalue weighted by Gasteiger charge is 2.34. The van der Waals surface area contributed by atoms with Gasteiger partial charge in [-0.15, -0.1) is 33.9 Å². The number of fused-ring (bicyclic) bond motifs is 5. The Morgan fingerprint density at radius 1 is 1.18 bits per heavy atom. The summed E-state index contributed by atoms with van der Waals surface area (Å²) in [5, 5.41) is 10.3. The van der Waals surface area contributed by atoms with E-state index >= 15 is 0 Å². The maximum Gasteiger partial charge on any atom is 0.410 e. The van der Waals surface area contributed by atoms with E-state index in [1.54, 1.807) is 16.2 Å². The molecule has 0 spiro atoms. The molecule has 2 aromatic carbocycles. The van der Waals surface area contributed by atoms with Crippen molar-refractivity contribution in [2.45, 2.75) is 39.0 Å². The fraction of sp³-hybridized carbons (Fsp3) is 0.241. The van der Waals surface area contributed by atoms with Gasteiger partial charge in [0.1, 0.15) is 23.5 Å². The lowest BCUT2D eigenvalue weighted by Crippen LogP contribution is -2.36. The van der Waals surface area contributed by atoms with Crippen molar-refractivity contribution in [2.75, 3.05) is 6.54 Å². The van der Waals surface area contributed by atoms with Gasteiger partial charge in [-0.1, -0.05) is 60.1 Å². The zero-order valence-corrected chi connectivity index (χ0v) is 22.3. The summed E-state index contributed by atoms with van der Waals surface area (Å²) in [5.74, 6) is 4.21. The van der Waals surface area contributed by atoms with Crippen LogP contribution in [0.3, 0.4) is 0 Å². The van der Waals surface area contributed by atoms with Gasteiger partial charge in [0.05, 0.1) is 18.7 Å². The van der Waals surface area contributed by atoms with Crippen molar-refractivity contribution in [2.24, 2.45) is 4.99 Å². The highest BCUT2D eigenvalue weighted by atomic mass is 35.5. The summed E-state index contributed by atoms with van der Waals surface area (Å²) >= 11 is 8.28. The number of rotatable bonds is 4. The molecule has 0 bridgehead atoms. The summed E-state index contributed by atoms with van der Waals surface area (Å²) in [4.78, 5) is 21.1. The third-order valence-corrected chi connectivity index (χ3v) is 8.39. The third-order valence-electron chi connectivity index (χ3n) is 6.85. The van der Waals surface area contributed by atoms with Crippen LogP contribution in [0, 0.1) is 19.3 Å². The van der Waals surface area contributed by atoms with Gasteiger partial charge in [0.2, 0.25) is 0 Å². The molecular formula is C29H24ClN5O2S. The molecule has 2 aliphatic rings. The molecule has 4 heterocycles. The summed E-state index contributed by atoms with van der Waals surface area (Å²) in [6.45, 7) is 3.32. The fourth-order valence-electron chi connectivity index (χ4n) is 5.02. The largest absolute Gasteiger partial charge is 0.440 e. The van der Waals surface area contributed by atoms with Crippen LogP contribution in [0.1, 0.15) is 51.3 Å². The molecule has 0 N–H and O–H groups in total. The van der Waals surface area contributed by atoms with E-state index in [-0.39, 0.29) is 6.09 Å². The minimum absolute atomic E-state index is 0.315. The molecule has 0 radical (unpaired) electrons. The number of aliphatic imine (C=N–C) groups is 1. The second-order valence-electron chi connectivity index (χ2n) is 9.19. The molecule has 190 valence electrons. The number of terminal acetylenes is 1. The van der Waals surface area contributed by atoms with Gasteiger partial charge in [-0.25, -0.2) is 4.79 Å². The van der Waals surface area contributed by atoms with E-state index in [0.717, 1.165) is 43.9 Å². The molecule has 6 rings (SSSR count). The normalized spacial score (nSPS) is 14.9. The summed E-state index contributed by atoms with van der Waals surface area (Å²) in [6.07, 6.45) is 5.70. The zero-order chi connectivity index (χ0) is 26.2. The van der Waals surface area contributed by atoms with Crippen LogP contribution in [0.25, 0.3) is 5.00 Å². The van der Waals surface area contributed by atoms with Gasteiger partial charge in [-0.3, -0.25) is 9.56 Å². The van der Waals surface area contributed by atoms with Crippen LogP contribution in [0.2, 0.25) is 5.02 Å². The Kier molecular flexibility index (Phi) is 6.48. The number of nitrogens with zero attached hydrogens (tertiary/aromatic N) is 5. The van der Waals surface area contributed by atoms with Crippen LogP contribution in [-0.2, 0) is 24.2 Å². The number of hydrogen-bond acceptors (Lipinski definition) is 6. The Bertz CT molecular complexity index is 1600. The number of aryl methyl sites for hydroxylation is 1. The Labute approximate surface area is 229 Å². The topological polar surface area (TPSA) is 72.6 Å². The number of carbonyl (C=O) groups is 1. The maximum atomic E-state index is 13.3. The van der Waals surface area contributed by atoms with Crippen molar-refractivity contribution in [3.05, 3.63) is 98.4 Å². The van der Waals surface area contributed by atoms with Crippen molar-refractivity contribution in [3.8, 4) is 17.3 Å². The van der Waals surface area contributed by atoms with E-state index in [0.29, 0.717) is 37.5 Å². The first kappa shape index (κ1) is 24.4. The molecule has 0 fully saturated rings. The van der Waals surface area contributed by atoms with Gasteiger partial charge >= 0.3 is 6.09 Å². The predicted molar refractivity (Wildman–Crippen MR) is 148 cm³/mol. The lowest BCUT2D eigenvalue weighted by molar-refractivity contribution is 0.0609. The summed E-state index contributed by atoms with van der Waals surface area (Å²) in [7, 11) is 0. The van der Waals surface area contributed by atoms with Crippen molar-refractivity contribution in [1.29, 1.82) is 0 Å². The Morgan fingerprint density at radius 3 is 2.76 bits per heavy atom. The van der Waals surface area contributed by atoms with E-state index in [1.807, 2.05) is 61.5 Å². The average Bonchev–Trinajstić information content (AvgIpc) is 3.44. The minimum Gasteiger partial charge on any atom is -0.440 e. The SMILES string of the molecule is C#CCC(OC(=O)N1CCc2c(sc3c2C(c2ccccc2Cl)=NCc2nnc(C)n2-3)C1)c1ccccc1. The van der Waals surface area contributed by atoms with Crippen LogP contribution in [0.4, 0.5) is 4.79 Å². The minimum atomic E-state index is -0.490. The number of hydrogen-bond donors (Lipinski definition) is 0. The molecule has 2 aliphatic heterocycles. The molecule has 1 atom stereocenters. The quantitative estimate of drug-likeness (QED) is 0.301. The van der Waals surface area contributed by atoms with E-state index in [4.69, 9.17) is 27.8 Å². The first-order valence-corrected chi connectivity index (χ1v) is 13.5. The molecule has 0 aliphatic carbocycles. The first-order valence-electron chi connectivity index (χ1n) is 12.3. The van der Waals surface area contributed by atoms with Gasteiger partial charge in [0.25, 0.3) is 0 Å². The maximum absolute atomic E-state index is 13.3. The highest BCUT2D eigenvalue weighted by Crippen LogP contribution is 2.40. The monoisotopic (exact) mass is 541 g/mol. The molecule has 1 unspecified atom stereocenters.